The molecule has 0 bridgehead atoms. The maximum absolute atomic E-state index is 4.04. The smallest absolute Gasteiger partial charge is 0.0322 e. The van der Waals surface area contributed by atoms with Crippen LogP contribution < -0.4 is 5.32 Å². The van der Waals surface area contributed by atoms with Gasteiger partial charge < -0.3 is 5.32 Å². The molecule has 0 amide bonds. The van der Waals surface area contributed by atoms with Crippen LogP contribution in [-0.4, -0.2) is 36.1 Å². The van der Waals surface area contributed by atoms with Gasteiger partial charge in [-0.2, -0.15) is 0 Å². The fourth-order valence-electron chi connectivity index (χ4n) is 1.92. The van der Waals surface area contributed by atoms with Gasteiger partial charge in [0.15, 0.2) is 0 Å². The van der Waals surface area contributed by atoms with Crippen LogP contribution in [-0.2, 0) is 0 Å². The molecule has 1 fully saturated rings. The van der Waals surface area contributed by atoms with Crippen molar-refractivity contribution in [2.45, 2.75) is 13.0 Å². The molecule has 0 unspecified atom stereocenters. The second kappa shape index (κ2) is 4.53. The van der Waals surface area contributed by atoms with E-state index in [1.54, 1.807) is 0 Å². The van der Waals surface area contributed by atoms with Gasteiger partial charge in [0, 0.05) is 44.6 Å². The summed E-state index contributed by atoms with van der Waals surface area (Å²) in [5.41, 5.74) is 1.36. The first-order valence-corrected chi connectivity index (χ1v) is 5.22. The molecule has 3 nitrogen and oxygen atoms in total. The monoisotopic (exact) mass is 191 g/mol. The van der Waals surface area contributed by atoms with Crippen LogP contribution in [0.2, 0.25) is 0 Å². The maximum atomic E-state index is 4.04. The van der Waals surface area contributed by atoms with E-state index in [0.29, 0.717) is 6.04 Å². The number of rotatable bonds is 2. The van der Waals surface area contributed by atoms with Crippen LogP contribution in [0.4, 0.5) is 0 Å². The Labute approximate surface area is 85.1 Å². The minimum Gasteiger partial charge on any atom is -0.314 e. The van der Waals surface area contributed by atoms with Gasteiger partial charge in [-0.05, 0) is 24.6 Å². The number of pyridine rings is 1. The number of nitrogens with zero attached hydrogens (tertiary/aromatic N) is 2. The highest BCUT2D eigenvalue weighted by Crippen LogP contribution is 2.18. The quantitative estimate of drug-likeness (QED) is 0.757. The van der Waals surface area contributed by atoms with E-state index in [9.17, 15) is 0 Å². The van der Waals surface area contributed by atoms with Crippen LogP contribution in [0, 0.1) is 0 Å². The van der Waals surface area contributed by atoms with Crippen LogP contribution in [0.15, 0.2) is 24.5 Å². The minimum atomic E-state index is 0.514. The fourth-order valence-corrected chi connectivity index (χ4v) is 1.92. The van der Waals surface area contributed by atoms with Gasteiger partial charge in [-0.25, -0.2) is 0 Å². The van der Waals surface area contributed by atoms with E-state index in [1.165, 1.54) is 5.56 Å². The summed E-state index contributed by atoms with van der Waals surface area (Å²) < 4.78 is 0. The van der Waals surface area contributed by atoms with Gasteiger partial charge in [-0.1, -0.05) is 0 Å². The maximum Gasteiger partial charge on any atom is 0.0322 e. The van der Waals surface area contributed by atoms with Crippen molar-refractivity contribution in [3.63, 3.8) is 0 Å². The van der Waals surface area contributed by atoms with Crippen molar-refractivity contribution in [1.29, 1.82) is 0 Å². The van der Waals surface area contributed by atoms with Crippen molar-refractivity contribution in [1.82, 2.24) is 15.2 Å². The summed E-state index contributed by atoms with van der Waals surface area (Å²) in [6.45, 7) is 6.76. The molecule has 3 heteroatoms. The van der Waals surface area contributed by atoms with E-state index < -0.39 is 0 Å². The third-order valence-corrected chi connectivity index (χ3v) is 2.89. The number of hydrogen-bond donors (Lipinski definition) is 1. The first-order valence-electron chi connectivity index (χ1n) is 5.22. The summed E-state index contributed by atoms with van der Waals surface area (Å²) in [5, 5.41) is 3.37. The Morgan fingerprint density at radius 3 is 2.57 bits per heavy atom. The molecule has 0 radical (unpaired) electrons. The second-order valence-corrected chi connectivity index (χ2v) is 3.74. The lowest BCUT2D eigenvalue weighted by molar-refractivity contribution is 0.185. The molecular weight excluding hydrogens is 174 g/mol. The lowest BCUT2D eigenvalue weighted by Gasteiger charge is -2.32. The molecule has 2 rings (SSSR count). The Hall–Kier alpha value is -0.930. The molecule has 1 atom stereocenters. The zero-order valence-corrected chi connectivity index (χ0v) is 8.61. The molecule has 1 aromatic rings. The number of aromatic nitrogens is 1. The van der Waals surface area contributed by atoms with E-state index in [2.05, 4.69) is 34.3 Å². The lowest BCUT2D eigenvalue weighted by atomic mass is 10.1. The van der Waals surface area contributed by atoms with E-state index in [0.717, 1.165) is 26.2 Å². The van der Waals surface area contributed by atoms with Crippen molar-refractivity contribution < 1.29 is 0 Å². The van der Waals surface area contributed by atoms with Crippen molar-refractivity contribution in [2.24, 2.45) is 0 Å². The summed E-state index contributed by atoms with van der Waals surface area (Å²) in [6, 6.07) is 4.72. The van der Waals surface area contributed by atoms with E-state index in [4.69, 9.17) is 0 Å². The average molecular weight is 191 g/mol. The van der Waals surface area contributed by atoms with E-state index in [-0.39, 0.29) is 0 Å². The highest BCUT2D eigenvalue weighted by molar-refractivity contribution is 5.14. The van der Waals surface area contributed by atoms with Crippen LogP contribution in [0.25, 0.3) is 0 Å². The molecule has 0 saturated carbocycles. The second-order valence-electron chi connectivity index (χ2n) is 3.74. The lowest BCUT2D eigenvalue weighted by Crippen LogP contribution is -2.44. The molecule has 1 N–H and O–H groups in total. The molecule has 1 aliphatic heterocycles. The third-order valence-electron chi connectivity index (χ3n) is 2.89. The van der Waals surface area contributed by atoms with Crippen molar-refractivity contribution in [2.75, 3.05) is 26.2 Å². The molecule has 76 valence electrons. The summed E-state index contributed by atoms with van der Waals surface area (Å²) in [6.07, 6.45) is 3.74. The Kier molecular flexibility index (Phi) is 3.11. The fraction of sp³-hybridized carbons (Fsp3) is 0.545. The van der Waals surface area contributed by atoms with Crippen LogP contribution in [0.5, 0.6) is 0 Å². The molecule has 2 heterocycles. The van der Waals surface area contributed by atoms with Crippen LogP contribution in [0.3, 0.4) is 0 Å². The summed E-state index contributed by atoms with van der Waals surface area (Å²) >= 11 is 0. The topological polar surface area (TPSA) is 28.2 Å². The Bertz CT molecular complexity index is 267. The first-order chi connectivity index (χ1) is 6.88. The summed E-state index contributed by atoms with van der Waals surface area (Å²) in [4.78, 5) is 6.55. The van der Waals surface area contributed by atoms with Crippen molar-refractivity contribution in [3.8, 4) is 0 Å². The normalized spacial score (nSPS) is 20.6. The van der Waals surface area contributed by atoms with Crippen LogP contribution in [0.1, 0.15) is 18.5 Å². The van der Waals surface area contributed by atoms with E-state index in [1.807, 2.05) is 12.4 Å². The predicted molar refractivity (Wildman–Crippen MR) is 57.1 cm³/mol. The molecule has 1 aliphatic rings. The highest BCUT2D eigenvalue weighted by Gasteiger charge is 2.17. The number of hydrogen-bond acceptors (Lipinski definition) is 3. The Morgan fingerprint density at radius 2 is 1.93 bits per heavy atom. The van der Waals surface area contributed by atoms with Gasteiger partial charge in [0.2, 0.25) is 0 Å². The van der Waals surface area contributed by atoms with E-state index >= 15 is 0 Å². The summed E-state index contributed by atoms with van der Waals surface area (Å²) in [5.74, 6) is 0. The predicted octanol–water partition coefficient (Wildman–Crippen LogP) is 1.05. The molecule has 1 aromatic heterocycles. The van der Waals surface area contributed by atoms with Gasteiger partial charge in [-0.3, -0.25) is 9.88 Å². The SMILES string of the molecule is C[C@H](c1ccncc1)N1CCNCC1. The van der Waals surface area contributed by atoms with Gasteiger partial charge >= 0.3 is 0 Å². The van der Waals surface area contributed by atoms with Gasteiger partial charge in [0.05, 0.1) is 0 Å². The molecular formula is C11H17N3. The molecule has 14 heavy (non-hydrogen) atoms. The molecule has 0 aromatic carbocycles. The van der Waals surface area contributed by atoms with Gasteiger partial charge in [0.1, 0.15) is 0 Å². The first kappa shape index (κ1) is 9.62. The molecule has 0 aliphatic carbocycles. The average Bonchev–Trinajstić information content (AvgIpc) is 2.30. The molecule has 1 saturated heterocycles. The largest absolute Gasteiger partial charge is 0.314 e. The highest BCUT2D eigenvalue weighted by atomic mass is 15.2. The third kappa shape index (κ3) is 2.11. The zero-order valence-electron chi connectivity index (χ0n) is 8.61. The van der Waals surface area contributed by atoms with Gasteiger partial charge in [-0.15, -0.1) is 0 Å². The number of piperazine rings is 1. The van der Waals surface area contributed by atoms with Crippen molar-refractivity contribution >= 4 is 0 Å². The van der Waals surface area contributed by atoms with Gasteiger partial charge in [0.25, 0.3) is 0 Å². The minimum absolute atomic E-state index is 0.514. The molecule has 0 spiro atoms. The number of nitrogens with one attached hydrogen (secondary N) is 1. The zero-order chi connectivity index (χ0) is 9.80. The Morgan fingerprint density at radius 1 is 1.29 bits per heavy atom. The Balaban J connectivity index is 2.03. The standard InChI is InChI=1S/C11H17N3/c1-10(11-2-4-12-5-3-11)14-8-6-13-7-9-14/h2-5,10,13H,6-9H2,1H3/t10-/m1/s1. The summed E-state index contributed by atoms with van der Waals surface area (Å²) in [7, 11) is 0. The van der Waals surface area contributed by atoms with Crippen molar-refractivity contribution in [3.05, 3.63) is 30.1 Å². The van der Waals surface area contributed by atoms with Crippen LogP contribution >= 0.6 is 0 Å².